The van der Waals surface area contributed by atoms with E-state index in [1.165, 1.54) is 11.8 Å². The molecular weight excluding hydrogens is 284 g/mol. The lowest BCUT2D eigenvalue weighted by molar-refractivity contribution is 0.152. The molecule has 1 saturated heterocycles. The van der Waals surface area contributed by atoms with Crippen molar-refractivity contribution in [2.24, 2.45) is 5.92 Å². The summed E-state index contributed by atoms with van der Waals surface area (Å²) in [6.07, 6.45) is 5.47. The van der Waals surface area contributed by atoms with Crippen LogP contribution in [0, 0.1) is 5.92 Å². The maximum absolute atomic E-state index is 11.5. The summed E-state index contributed by atoms with van der Waals surface area (Å²) in [5.41, 5.74) is 1.23. The minimum Gasteiger partial charge on any atom is -0.299 e. The fourth-order valence-corrected chi connectivity index (χ4v) is 4.69. The SMILES string of the molecule is CS(=O)(=O)NC1(C2CCN(Cc3ccccc3)CC2)CC1. The third-order valence-electron chi connectivity index (χ3n) is 4.80. The van der Waals surface area contributed by atoms with Gasteiger partial charge in [0.25, 0.3) is 0 Å². The van der Waals surface area contributed by atoms with E-state index in [4.69, 9.17) is 0 Å². The molecule has 3 rings (SSSR count). The van der Waals surface area contributed by atoms with Crippen molar-refractivity contribution in [1.29, 1.82) is 0 Å². The molecule has 0 aromatic heterocycles. The van der Waals surface area contributed by atoms with Crippen LogP contribution in [0.5, 0.6) is 0 Å². The van der Waals surface area contributed by atoms with Crippen LogP contribution in [0.4, 0.5) is 0 Å². The topological polar surface area (TPSA) is 49.4 Å². The van der Waals surface area contributed by atoms with Crippen LogP contribution >= 0.6 is 0 Å². The summed E-state index contributed by atoms with van der Waals surface area (Å²) in [5.74, 6) is 0.499. The van der Waals surface area contributed by atoms with Gasteiger partial charge in [0.05, 0.1) is 6.26 Å². The van der Waals surface area contributed by atoms with Gasteiger partial charge in [-0.05, 0) is 50.3 Å². The zero-order valence-corrected chi connectivity index (χ0v) is 13.4. The van der Waals surface area contributed by atoms with E-state index in [2.05, 4.69) is 33.9 Å². The first-order valence-corrected chi connectivity index (χ1v) is 9.61. The number of hydrogen-bond acceptors (Lipinski definition) is 3. The highest BCUT2D eigenvalue weighted by atomic mass is 32.2. The molecule has 1 aromatic carbocycles. The molecule has 1 aromatic rings. The molecular formula is C16H24N2O2S. The maximum atomic E-state index is 11.5. The number of likely N-dealkylation sites (tertiary alicyclic amines) is 1. The van der Waals surface area contributed by atoms with E-state index in [0.29, 0.717) is 5.92 Å². The third-order valence-corrected chi connectivity index (χ3v) is 5.57. The van der Waals surface area contributed by atoms with E-state index in [0.717, 1.165) is 45.3 Å². The van der Waals surface area contributed by atoms with Crippen molar-refractivity contribution in [2.75, 3.05) is 19.3 Å². The Balaban J connectivity index is 1.54. The fraction of sp³-hybridized carbons (Fsp3) is 0.625. The molecule has 4 nitrogen and oxygen atoms in total. The number of sulfonamides is 1. The second-order valence-electron chi connectivity index (χ2n) is 6.57. The van der Waals surface area contributed by atoms with Crippen molar-refractivity contribution in [2.45, 2.75) is 37.8 Å². The first-order chi connectivity index (χ1) is 9.97. The predicted octanol–water partition coefficient (Wildman–Crippen LogP) is 1.98. The van der Waals surface area contributed by atoms with E-state index in [1.807, 2.05) is 6.07 Å². The van der Waals surface area contributed by atoms with Crippen LogP contribution in [-0.2, 0) is 16.6 Å². The molecule has 0 spiro atoms. The second-order valence-corrected chi connectivity index (χ2v) is 8.31. The minimum atomic E-state index is -3.09. The van der Waals surface area contributed by atoms with E-state index in [-0.39, 0.29) is 5.54 Å². The molecule has 1 saturated carbocycles. The molecule has 1 aliphatic carbocycles. The smallest absolute Gasteiger partial charge is 0.209 e. The summed E-state index contributed by atoms with van der Waals surface area (Å²) >= 11 is 0. The van der Waals surface area contributed by atoms with Crippen molar-refractivity contribution in [3.05, 3.63) is 35.9 Å². The minimum absolute atomic E-state index is 0.119. The Morgan fingerprint density at radius 1 is 1.19 bits per heavy atom. The summed E-state index contributed by atoms with van der Waals surface area (Å²) in [6, 6.07) is 10.5. The van der Waals surface area contributed by atoms with Crippen LogP contribution in [0.15, 0.2) is 30.3 Å². The zero-order chi connectivity index (χ0) is 14.9. The monoisotopic (exact) mass is 308 g/mol. The van der Waals surface area contributed by atoms with E-state index in [1.54, 1.807) is 0 Å². The van der Waals surface area contributed by atoms with Crippen molar-refractivity contribution in [1.82, 2.24) is 9.62 Å². The molecule has 2 aliphatic rings. The van der Waals surface area contributed by atoms with Crippen molar-refractivity contribution in [3.63, 3.8) is 0 Å². The number of nitrogens with zero attached hydrogens (tertiary/aromatic N) is 1. The normalized spacial score (nSPS) is 23.1. The molecule has 5 heteroatoms. The quantitative estimate of drug-likeness (QED) is 0.905. The van der Waals surface area contributed by atoms with E-state index >= 15 is 0 Å². The Morgan fingerprint density at radius 2 is 1.81 bits per heavy atom. The Morgan fingerprint density at radius 3 is 2.33 bits per heavy atom. The summed E-state index contributed by atoms with van der Waals surface area (Å²) in [4.78, 5) is 2.47. The summed E-state index contributed by atoms with van der Waals surface area (Å²) in [6.45, 7) is 3.12. The number of benzene rings is 1. The number of nitrogens with one attached hydrogen (secondary N) is 1. The lowest BCUT2D eigenvalue weighted by atomic mass is 9.88. The number of hydrogen-bond donors (Lipinski definition) is 1. The van der Waals surface area contributed by atoms with Crippen molar-refractivity contribution < 1.29 is 8.42 Å². The lowest BCUT2D eigenvalue weighted by Gasteiger charge is -2.36. The molecule has 1 aliphatic heterocycles. The molecule has 0 atom stereocenters. The van der Waals surface area contributed by atoms with Gasteiger partial charge in [0.1, 0.15) is 0 Å². The van der Waals surface area contributed by atoms with Crippen LogP contribution in [0.25, 0.3) is 0 Å². The van der Waals surface area contributed by atoms with Crippen LogP contribution in [-0.4, -0.2) is 38.2 Å². The largest absolute Gasteiger partial charge is 0.299 e. The van der Waals surface area contributed by atoms with Gasteiger partial charge in [-0.3, -0.25) is 4.90 Å². The van der Waals surface area contributed by atoms with Crippen molar-refractivity contribution in [3.8, 4) is 0 Å². The Kier molecular flexibility index (Phi) is 4.08. The Labute approximate surface area is 127 Å². The molecule has 1 N–H and O–H groups in total. The summed E-state index contributed by atoms with van der Waals surface area (Å²) in [5, 5.41) is 0. The summed E-state index contributed by atoms with van der Waals surface area (Å²) in [7, 11) is -3.09. The number of rotatable bonds is 5. The first-order valence-electron chi connectivity index (χ1n) is 7.72. The van der Waals surface area contributed by atoms with Crippen LogP contribution in [0.3, 0.4) is 0 Å². The highest BCUT2D eigenvalue weighted by Gasteiger charge is 2.51. The zero-order valence-electron chi connectivity index (χ0n) is 12.6. The molecule has 0 bridgehead atoms. The molecule has 1 heterocycles. The van der Waals surface area contributed by atoms with Gasteiger partial charge in [0.2, 0.25) is 10.0 Å². The summed E-state index contributed by atoms with van der Waals surface area (Å²) < 4.78 is 25.9. The van der Waals surface area contributed by atoms with Gasteiger partial charge in [-0.25, -0.2) is 13.1 Å². The third kappa shape index (κ3) is 3.84. The van der Waals surface area contributed by atoms with Gasteiger partial charge in [-0.15, -0.1) is 0 Å². The predicted molar refractivity (Wildman–Crippen MR) is 84.4 cm³/mol. The molecule has 21 heavy (non-hydrogen) atoms. The lowest BCUT2D eigenvalue weighted by Crippen LogP contribution is -2.46. The van der Waals surface area contributed by atoms with Crippen LogP contribution in [0.2, 0.25) is 0 Å². The molecule has 116 valence electrons. The van der Waals surface area contributed by atoms with Crippen molar-refractivity contribution >= 4 is 10.0 Å². The van der Waals surface area contributed by atoms with Crippen LogP contribution in [0.1, 0.15) is 31.2 Å². The van der Waals surface area contributed by atoms with Gasteiger partial charge in [0, 0.05) is 12.1 Å². The molecule has 2 fully saturated rings. The average molecular weight is 308 g/mol. The molecule has 0 unspecified atom stereocenters. The Bertz CT molecular complexity index is 574. The fourth-order valence-electron chi connectivity index (χ4n) is 3.58. The van der Waals surface area contributed by atoms with E-state index < -0.39 is 10.0 Å². The second kappa shape index (κ2) is 5.71. The Hall–Kier alpha value is -0.910. The van der Waals surface area contributed by atoms with Crippen LogP contribution < -0.4 is 4.72 Å². The maximum Gasteiger partial charge on any atom is 0.209 e. The first kappa shape index (κ1) is 15.0. The highest BCUT2D eigenvalue weighted by molar-refractivity contribution is 7.88. The van der Waals surface area contributed by atoms with Gasteiger partial charge in [-0.2, -0.15) is 0 Å². The molecule has 0 radical (unpaired) electrons. The van der Waals surface area contributed by atoms with Gasteiger partial charge < -0.3 is 0 Å². The highest BCUT2D eigenvalue weighted by Crippen LogP contribution is 2.47. The average Bonchev–Trinajstić information content (AvgIpc) is 3.19. The number of piperidine rings is 1. The van der Waals surface area contributed by atoms with Gasteiger partial charge >= 0.3 is 0 Å². The standard InChI is InChI=1S/C16H24N2O2S/c1-21(19,20)17-16(9-10-16)15-7-11-18(12-8-15)13-14-5-3-2-4-6-14/h2-6,15,17H,7-13H2,1H3. The van der Waals surface area contributed by atoms with Gasteiger partial charge in [-0.1, -0.05) is 30.3 Å². The molecule has 0 amide bonds. The van der Waals surface area contributed by atoms with Gasteiger partial charge in [0.15, 0.2) is 0 Å². The van der Waals surface area contributed by atoms with E-state index in [9.17, 15) is 8.42 Å².